The molecule has 10 heteroatoms. The van der Waals surface area contributed by atoms with Gasteiger partial charge in [0.1, 0.15) is 5.75 Å². The van der Waals surface area contributed by atoms with Gasteiger partial charge in [0.25, 0.3) is 5.91 Å². The Balaban J connectivity index is 1.35. The standard InChI is InChI=1S/C29H32N4O6/c1-4-19-8-12-22(13-9-19)33-17-20(16-27(33)35)29(36)32-31-24-6-5-7-25(38-3)28(24)39-18-26(34)30-21-10-14-23(37-2)15-11-21/h5-15,20,31H,4,16-18H2,1-3H3,(H,30,34)(H,32,36)/t20-/m0/s1. The molecule has 1 atom stereocenters. The van der Waals surface area contributed by atoms with Gasteiger partial charge in [-0.3, -0.25) is 25.2 Å². The lowest BCUT2D eigenvalue weighted by Crippen LogP contribution is -2.36. The van der Waals surface area contributed by atoms with Crippen LogP contribution in [0.1, 0.15) is 18.9 Å². The molecule has 3 amide bonds. The second-order valence-electron chi connectivity index (χ2n) is 8.94. The Kier molecular flexibility index (Phi) is 8.88. The fourth-order valence-corrected chi connectivity index (χ4v) is 4.21. The Hall–Kier alpha value is -4.73. The van der Waals surface area contributed by atoms with E-state index in [4.69, 9.17) is 14.2 Å². The van der Waals surface area contributed by atoms with Crippen LogP contribution in [-0.4, -0.2) is 45.1 Å². The minimum atomic E-state index is -0.527. The van der Waals surface area contributed by atoms with Crippen molar-refractivity contribution in [3.63, 3.8) is 0 Å². The van der Waals surface area contributed by atoms with Crippen LogP contribution in [0.5, 0.6) is 17.2 Å². The summed E-state index contributed by atoms with van der Waals surface area (Å²) in [5.41, 5.74) is 8.47. The van der Waals surface area contributed by atoms with Crippen LogP contribution in [0.2, 0.25) is 0 Å². The number of hydrogen-bond acceptors (Lipinski definition) is 7. The minimum Gasteiger partial charge on any atom is -0.497 e. The van der Waals surface area contributed by atoms with Crippen molar-refractivity contribution in [2.75, 3.05) is 43.0 Å². The normalized spacial score (nSPS) is 14.5. The molecule has 0 saturated carbocycles. The molecule has 39 heavy (non-hydrogen) atoms. The highest BCUT2D eigenvalue weighted by Gasteiger charge is 2.35. The zero-order valence-electron chi connectivity index (χ0n) is 22.2. The van der Waals surface area contributed by atoms with E-state index in [1.54, 1.807) is 54.5 Å². The summed E-state index contributed by atoms with van der Waals surface area (Å²) in [6, 6.07) is 19.8. The topological polar surface area (TPSA) is 118 Å². The first kappa shape index (κ1) is 27.3. The highest BCUT2D eigenvalue weighted by atomic mass is 16.5. The fourth-order valence-electron chi connectivity index (χ4n) is 4.21. The van der Waals surface area contributed by atoms with Crippen LogP contribution in [-0.2, 0) is 20.8 Å². The third-order valence-corrected chi connectivity index (χ3v) is 6.39. The van der Waals surface area contributed by atoms with Crippen molar-refractivity contribution in [1.82, 2.24) is 5.43 Å². The van der Waals surface area contributed by atoms with Gasteiger partial charge in [-0.25, -0.2) is 0 Å². The largest absolute Gasteiger partial charge is 0.497 e. The first-order valence-electron chi connectivity index (χ1n) is 12.6. The second-order valence-corrected chi connectivity index (χ2v) is 8.94. The monoisotopic (exact) mass is 532 g/mol. The summed E-state index contributed by atoms with van der Waals surface area (Å²) in [6.07, 6.45) is 1.02. The van der Waals surface area contributed by atoms with Crippen molar-refractivity contribution in [3.05, 3.63) is 72.3 Å². The van der Waals surface area contributed by atoms with Gasteiger partial charge in [0.15, 0.2) is 18.1 Å². The predicted molar refractivity (Wildman–Crippen MR) is 148 cm³/mol. The summed E-state index contributed by atoms with van der Waals surface area (Å²) in [7, 11) is 3.05. The Morgan fingerprint density at radius 3 is 2.38 bits per heavy atom. The number of ether oxygens (including phenoxy) is 3. The zero-order valence-corrected chi connectivity index (χ0v) is 22.2. The van der Waals surface area contributed by atoms with E-state index in [-0.39, 0.29) is 43.0 Å². The molecule has 1 aliphatic heterocycles. The molecule has 1 heterocycles. The van der Waals surface area contributed by atoms with Crippen molar-refractivity contribution >= 4 is 34.8 Å². The molecule has 3 N–H and O–H groups in total. The maximum Gasteiger partial charge on any atom is 0.262 e. The van der Waals surface area contributed by atoms with Crippen LogP contribution in [0.15, 0.2) is 66.7 Å². The molecule has 0 aromatic heterocycles. The zero-order chi connectivity index (χ0) is 27.8. The van der Waals surface area contributed by atoms with Crippen molar-refractivity contribution in [3.8, 4) is 17.2 Å². The molecule has 4 rings (SSSR count). The highest BCUT2D eigenvalue weighted by Crippen LogP contribution is 2.35. The van der Waals surface area contributed by atoms with E-state index in [1.165, 1.54) is 12.7 Å². The van der Waals surface area contributed by atoms with E-state index in [0.29, 0.717) is 22.9 Å². The van der Waals surface area contributed by atoms with Crippen LogP contribution >= 0.6 is 0 Å². The Bertz CT molecular complexity index is 1310. The number of anilines is 3. The second kappa shape index (κ2) is 12.7. The number of hydrogen-bond donors (Lipinski definition) is 3. The first-order valence-corrected chi connectivity index (χ1v) is 12.6. The number of rotatable bonds is 11. The third kappa shape index (κ3) is 6.78. The number of carbonyl (C=O) groups excluding carboxylic acids is 3. The lowest BCUT2D eigenvalue weighted by atomic mass is 10.1. The molecule has 3 aromatic carbocycles. The summed E-state index contributed by atoms with van der Waals surface area (Å²) in [5, 5.41) is 2.75. The Morgan fingerprint density at radius 1 is 0.974 bits per heavy atom. The minimum absolute atomic E-state index is 0.104. The van der Waals surface area contributed by atoms with Gasteiger partial charge in [0, 0.05) is 24.3 Å². The number of amides is 3. The number of para-hydroxylation sites is 1. The summed E-state index contributed by atoms with van der Waals surface area (Å²) < 4.78 is 16.3. The van der Waals surface area contributed by atoms with Crippen LogP contribution < -0.4 is 35.3 Å². The number of hydrazine groups is 1. The molecule has 0 bridgehead atoms. The maximum absolute atomic E-state index is 12.9. The van der Waals surface area contributed by atoms with Gasteiger partial charge in [-0.05, 0) is 60.5 Å². The molecular formula is C29H32N4O6. The smallest absolute Gasteiger partial charge is 0.262 e. The van der Waals surface area contributed by atoms with Crippen molar-refractivity contribution in [2.24, 2.45) is 5.92 Å². The van der Waals surface area contributed by atoms with Crippen molar-refractivity contribution in [2.45, 2.75) is 19.8 Å². The molecule has 0 spiro atoms. The van der Waals surface area contributed by atoms with Gasteiger partial charge in [-0.1, -0.05) is 25.1 Å². The Morgan fingerprint density at radius 2 is 1.72 bits per heavy atom. The SMILES string of the molecule is CCc1ccc(N2C[C@@H](C(=O)NNc3cccc(OC)c3OCC(=O)Nc3ccc(OC)cc3)CC2=O)cc1. The van der Waals surface area contributed by atoms with Gasteiger partial charge in [0.2, 0.25) is 11.8 Å². The van der Waals surface area contributed by atoms with E-state index in [1.807, 2.05) is 24.3 Å². The van der Waals surface area contributed by atoms with Gasteiger partial charge < -0.3 is 24.4 Å². The van der Waals surface area contributed by atoms with E-state index < -0.39 is 5.92 Å². The first-order chi connectivity index (χ1) is 18.9. The Labute approximate surface area is 227 Å². The molecule has 0 aliphatic carbocycles. The number of carbonyl (C=O) groups is 3. The highest BCUT2D eigenvalue weighted by molar-refractivity contribution is 6.00. The molecule has 3 aromatic rings. The van der Waals surface area contributed by atoms with Crippen LogP contribution in [0.25, 0.3) is 0 Å². The lowest BCUT2D eigenvalue weighted by molar-refractivity contribution is -0.125. The number of benzene rings is 3. The predicted octanol–water partition coefficient (Wildman–Crippen LogP) is 3.78. The van der Waals surface area contributed by atoms with Crippen LogP contribution in [0.3, 0.4) is 0 Å². The molecule has 1 saturated heterocycles. The lowest BCUT2D eigenvalue weighted by Gasteiger charge is -2.19. The van der Waals surface area contributed by atoms with Gasteiger partial charge in [0.05, 0.1) is 25.8 Å². The maximum atomic E-state index is 12.9. The quantitative estimate of drug-likeness (QED) is 0.322. The average molecular weight is 533 g/mol. The molecule has 0 unspecified atom stereocenters. The van der Waals surface area contributed by atoms with E-state index in [2.05, 4.69) is 23.1 Å². The van der Waals surface area contributed by atoms with Crippen molar-refractivity contribution in [1.29, 1.82) is 0 Å². The fraction of sp³-hybridized carbons (Fsp3) is 0.276. The number of nitrogens with zero attached hydrogens (tertiary/aromatic N) is 1. The van der Waals surface area contributed by atoms with Gasteiger partial charge in [-0.15, -0.1) is 0 Å². The number of aryl methyl sites for hydroxylation is 1. The van der Waals surface area contributed by atoms with E-state index >= 15 is 0 Å². The summed E-state index contributed by atoms with van der Waals surface area (Å²) in [4.78, 5) is 39.6. The average Bonchev–Trinajstić information content (AvgIpc) is 3.36. The molecule has 204 valence electrons. The van der Waals surface area contributed by atoms with Crippen molar-refractivity contribution < 1.29 is 28.6 Å². The van der Waals surface area contributed by atoms with E-state index in [9.17, 15) is 14.4 Å². The molecule has 10 nitrogen and oxygen atoms in total. The van der Waals surface area contributed by atoms with Crippen LogP contribution in [0.4, 0.5) is 17.1 Å². The number of methoxy groups -OCH3 is 2. The molecule has 1 fully saturated rings. The summed E-state index contributed by atoms with van der Waals surface area (Å²) in [5.74, 6) is -0.0284. The number of nitrogens with one attached hydrogen (secondary N) is 3. The van der Waals surface area contributed by atoms with Gasteiger partial charge in [-0.2, -0.15) is 0 Å². The molecule has 0 radical (unpaired) electrons. The molecule has 1 aliphatic rings. The van der Waals surface area contributed by atoms with Gasteiger partial charge >= 0.3 is 0 Å². The third-order valence-electron chi connectivity index (χ3n) is 6.39. The van der Waals surface area contributed by atoms with Crippen LogP contribution in [0, 0.1) is 5.92 Å². The summed E-state index contributed by atoms with van der Waals surface area (Å²) in [6.45, 7) is 2.06. The summed E-state index contributed by atoms with van der Waals surface area (Å²) >= 11 is 0. The van der Waals surface area contributed by atoms with E-state index in [0.717, 1.165) is 12.1 Å². The molecular weight excluding hydrogens is 500 g/mol.